The Kier molecular flexibility index (Phi) is 5.01. The third kappa shape index (κ3) is 3.46. The molecule has 5 nitrogen and oxygen atoms in total. The van der Waals surface area contributed by atoms with Crippen molar-refractivity contribution in [1.29, 1.82) is 0 Å². The maximum absolute atomic E-state index is 5.54. The van der Waals surface area contributed by atoms with Gasteiger partial charge in [0.05, 0.1) is 11.8 Å². The van der Waals surface area contributed by atoms with E-state index >= 15 is 0 Å². The predicted molar refractivity (Wildman–Crippen MR) is 70.7 cm³/mol. The number of aromatic nitrogens is 1. The van der Waals surface area contributed by atoms with Gasteiger partial charge >= 0.3 is 0 Å². The van der Waals surface area contributed by atoms with E-state index in [1.54, 1.807) is 13.4 Å². The number of methoxy groups -OCH3 is 1. The summed E-state index contributed by atoms with van der Waals surface area (Å²) in [6, 6.07) is 0.748. The summed E-state index contributed by atoms with van der Waals surface area (Å²) in [6.07, 6.45) is 5.36. The zero-order valence-electron chi connectivity index (χ0n) is 11.3. The number of oxazole rings is 1. The molecule has 0 amide bonds. The quantitative estimate of drug-likeness (QED) is 0.783. The maximum atomic E-state index is 5.54. The van der Waals surface area contributed by atoms with E-state index in [9.17, 15) is 0 Å². The van der Waals surface area contributed by atoms with E-state index in [2.05, 4.69) is 22.1 Å². The summed E-state index contributed by atoms with van der Waals surface area (Å²) in [7, 11) is 1.78. The molecule has 1 aliphatic heterocycles. The van der Waals surface area contributed by atoms with E-state index in [1.165, 1.54) is 0 Å². The van der Waals surface area contributed by atoms with E-state index in [-0.39, 0.29) is 0 Å². The zero-order valence-corrected chi connectivity index (χ0v) is 11.3. The normalized spacial score (nSPS) is 17.3. The van der Waals surface area contributed by atoms with Crippen molar-refractivity contribution in [3.63, 3.8) is 0 Å². The Morgan fingerprint density at radius 2 is 2.28 bits per heavy atom. The van der Waals surface area contributed by atoms with Gasteiger partial charge in [0.1, 0.15) is 6.26 Å². The first-order valence-electron chi connectivity index (χ1n) is 6.76. The lowest BCUT2D eigenvalue weighted by Crippen LogP contribution is -2.36. The maximum Gasteiger partial charge on any atom is 0.297 e. The molecule has 0 radical (unpaired) electrons. The summed E-state index contributed by atoms with van der Waals surface area (Å²) in [4.78, 5) is 6.71. The standard InChI is InChI=1S/C13H23N3O2/c1-3-6-14-9-11-10-18-13(15-11)16-7-4-12(17-2)5-8-16/h10,12,14H,3-9H2,1-2H3. The molecule has 2 rings (SSSR count). The molecule has 102 valence electrons. The van der Waals surface area contributed by atoms with Crippen molar-refractivity contribution in [3.8, 4) is 0 Å². The molecule has 0 spiro atoms. The number of anilines is 1. The zero-order chi connectivity index (χ0) is 12.8. The summed E-state index contributed by atoms with van der Waals surface area (Å²) in [5, 5.41) is 3.32. The van der Waals surface area contributed by atoms with Gasteiger partial charge in [-0.15, -0.1) is 0 Å². The fourth-order valence-electron chi connectivity index (χ4n) is 2.20. The van der Waals surface area contributed by atoms with Crippen LogP contribution < -0.4 is 10.2 Å². The van der Waals surface area contributed by atoms with Gasteiger partial charge in [0.2, 0.25) is 0 Å². The average molecular weight is 253 g/mol. The second-order valence-corrected chi connectivity index (χ2v) is 4.72. The average Bonchev–Trinajstić information content (AvgIpc) is 2.88. The molecule has 2 heterocycles. The fourth-order valence-corrected chi connectivity index (χ4v) is 2.20. The van der Waals surface area contributed by atoms with Gasteiger partial charge in [-0.1, -0.05) is 6.92 Å². The summed E-state index contributed by atoms with van der Waals surface area (Å²) in [5.41, 5.74) is 0.979. The Hall–Kier alpha value is -1.07. The molecule has 1 saturated heterocycles. The van der Waals surface area contributed by atoms with Crippen molar-refractivity contribution in [1.82, 2.24) is 10.3 Å². The highest BCUT2D eigenvalue weighted by Crippen LogP contribution is 2.20. The van der Waals surface area contributed by atoms with Crippen LogP contribution >= 0.6 is 0 Å². The molecule has 1 aromatic heterocycles. The van der Waals surface area contributed by atoms with Gasteiger partial charge in [-0.05, 0) is 25.8 Å². The topological polar surface area (TPSA) is 50.5 Å². The highest BCUT2D eigenvalue weighted by Gasteiger charge is 2.21. The summed E-state index contributed by atoms with van der Waals surface area (Å²) in [5.74, 6) is 0. The monoisotopic (exact) mass is 253 g/mol. The van der Waals surface area contributed by atoms with Gasteiger partial charge in [0.15, 0.2) is 0 Å². The van der Waals surface area contributed by atoms with Crippen LogP contribution in [-0.4, -0.2) is 37.8 Å². The minimum Gasteiger partial charge on any atom is -0.432 e. The number of nitrogens with zero attached hydrogens (tertiary/aromatic N) is 2. The van der Waals surface area contributed by atoms with E-state index < -0.39 is 0 Å². The third-order valence-corrected chi connectivity index (χ3v) is 3.32. The van der Waals surface area contributed by atoms with Crippen molar-refractivity contribution >= 4 is 6.01 Å². The lowest BCUT2D eigenvalue weighted by molar-refractivity contribution is 0.0811. The first-order chi connectivity index (χ1) is 8.83. The molecule has 0 atom stereocenters. The van der Waals surface area contributed by atoms with Crippen LogP contribution in [-0.2, 0) is 11.3 Å². The van der Waals surface area contributed by atoms with Gasteiger partial charge < -0.3 is 19.4 Å². The van der Waals surface area contributed by atoms with E-state index in [0.717, 1.165) is 57.2 Å². The number of nitrogens with one attached hydrogen (secondary N) is 1. The lowest BCUT2D eigenvalue weighted by Gasteiger charge is -2.29. The summed E-state index contributed by atoms with van der Waals surface area (Å²) in [6.45, 7) is 5.87. The van der Waals surface area contributed by atoms with Crippen molar-refractivity contribution in [3.05, 3.63) is 12.0 Å². The number of rotatable bonds is 6. The number of piperidine rings is 1. The molecule has 5 heteroatoms. The predicted octanol–water partition coefficient (Wildman–Crippen LogP) is 1.79. The SMILES string of the molecule is CCCNCc1coc(N2CCC(OC)CC2)n1. The van der Waals surface area contributed by atoms with Gasteiger partial charge in [0, 0.05) is 26.7 Å². The van der Waals surface area contributed by atoms with Crippen molar-refractivity contribution in [2.75, 3.05) is 31.6 Å². The summed E-state index contributed by atoms with van der Waals surface area (Å²) < 4.78 is 10.9. The Bertz CT molecular complexity index is 346. The molecule has 0 aromatic carbocycles. The minimum atomic E-state index is 0.391. The van der Waals surface area contributed by atoms with Crippen LogP contribution in [0.25, 0.3) is 0 Å². The second-order valence-electron chi connectivity index (χ2n) is 4.72. The molecule has 1 N–H and O–H groups in total. The number of hydrogen-bond acceptors (Lipinski definition) is 5. The third-order valence-electron chi connectivity index (χ3n) is 3.32. The molecule has 0 saturated carbocycles. The Balaban J connectivity index is 1.82. The van der Waals surface area contributed by atoms with Crippen LogP contribution in [0, 0.1) is 0 Å². The second kappa shape index (κ2) is 6.75. The van der Waals surface area contributed by atoms with Gasteiger partial charge in [-0.25, -0.2) is 0 Å². The number of hydrogen-bond donors (Lipinski definition) is 1. The first-order valence-corrected chi connectivity index (χ1v) is 6.76. The first kappa shape index (κ1) is 13.4. The van der Waals surface area contributed by atoms with E-state index in [0.29, 0.717) is 6.10 Å². The molecule has 0 unspecified atom stereocenters. The molecule has 18 heavy (non-hydrogen) atoms. The molecule has 1 fully saturated rings. The molecule has 0 aliphatic carbocycles. The molecule has 0 bridgehead atoms. The molecular weight excluding hydrogens is 230 g/mol. The smallest absolute Gasteiger partial charge is 0.297 e. The van der Waals surface area contributed by atoms with Gasteiger partial charge in [-0.3, -0.25) is 0 Å². The van der Waals surface area contributed by atoms with Crippen molar-refractivity contribution in [2.24, 2.45) is 0 Å². The summed E-state index contributed by atoms with van der Waals surface area (Å²) >= 11 is 0. The fraction of sp³-hybridized carbons (Fsp3) is 0.769. The van der Waals surface area contributed by atoms with Crippen molar-refractivity contribution in [2.45, 2.75) is 38.8 Å². The molecule has 1 aliphatic rings. The Morgan fingerprint density at radius 1 is 1.50 bits per heavy atom. The van der Waals surface area contributed by atoms with Crippen molar-refractivity contribution < 1.29 is 9.15 Å². The molecule has 1 aromatic rings. The Labute approximate surface area is 109 Å². The minimum absolute atomic E-state index is 0.391. The van der Waals surface area contributed by atoms with Crippen LogP contribution in [0.5, 0.6) is 0 Å². The largest absolute Gasteiger partial charge is 0.432 e. The van der Waals surface area contributed by atoms with Crippen LogP contribution in [0.15, 0.2) is 10.7 Å². The van der Waals surface area contributed by atoms with Gasteiger partial charge in [0.25, 0.3) is 6.01 Å². The highest BCUT2D eigenvalue weighted by atomic mass is 16.5. The van der Waals surface area contributed by atoms with Crippen LogP contribution in [0.3, 0.4) is 0 Å². The van der Waals surface area contributed by atoms with E-state index in [1.807, 2.05) is 0 Å². The highest BCUT2D eigenvalue weighted by molar-refractivity contribution is 5.27. The van der Waals surface area contributed by atoms with Crippen LogP contribution in [0.1, 0.15) is 31.9 Å². The van der Waals surface area contributed by atoms with Crippen LogP contribution in [0.2, 0.25) is 0 Å². The Morgan fingerprint density at radius 3 is 2.94 bits per heavy atom. The van der Waals surface area contributed by atoms with Crippen LogP contribution in [0.4, 0.5) is 6.01 Å². The van der Waals surface area contributed by atoms with E-state index in [4.69, 9.17) is 9.15 Å². The lowest BCUT2D eigenvalue weighted by atomic mass is 10.1. The van der Waals surface area contributed by atoms with Gasteiger partial charge in [-0.2, -0.15) is 4.98 Å². The molecular formula is C13H23N3O2. The number of ether oxygens (including phenoxy) is 1.